The van der Waals surface area contributed by atoms with Gasteiger partial charge in [0.1, 0.15) is 5.75 Å². The van der Waals surface area contributed by atoms with Crippen molar-refractivity contribution in [1.82, 2.24) is 9.99 Å². The van der Waals surface area contributed by atoms with Gasteiger partial charge in [-0.05, 0) is 54.6 Å². The Hall–Kier alpha value is -3.97. The molecule has 0 atom stereocenters. The number of esters is 1. The molecule has 6 nitrogen and oxygen atoms in total. The standard InChI is InChI=1S/C25H18BrN3O3/c26-20-12-13-23(32-25(31)18-8-2-1-3-9-18)19(16-20)17-27-28-24(30)21-10-4-5-11-22(21)29-14-6-7-15-29/h1-17H,(H,28,30)/b27-17+. The Morgan fingerprint density at radius 1 is 0.906 bits per heavy atom. The van der Waals surface area contributed by atoms with Crippen LogP contribution in [-0.4, -0.2) is 22.7 Å². The van der Waals surface area contributed by atoms with Crippen molar-refractivity contribution >= 4 is 34.0 Å². The molecule has 1 heterocycles. The van der Waals surface area contributed by atoms with Crippen LogP contribution in [0.5, 0.6) is 5.75 Å². The van der Waals surface area contributed by atoms with E-state index in [4.69, 9.17) is 4.74 Å². The molecule has 0 radical (unpaired) electrons. The quantitative estimate of drug-likeness (QED) is 0.175. The molecule has 1 N–H and O–H groups in total. The normalized spacial score (nSPS) is 10.8. The minimum absolute atomic E-state index is 0.327. The van der Waals surface area contributed by atoms with Crippen LogP contribution in [0.15, 0.2) is 107 Å². The minimum atomic E-state index is -0.479. The number of carbonyl (C=O) groups is 2. The highest BCUT2D eigenvalue weighted by molar-refractivity contribution is 9.10. The summed E-state index contributed by atoms with van der Waals surface area (Å²) in [5, 5.41) is 4.08. The van der Waals surface area contributed by atoms with E-state index in [1.807, 2.05) is 47.3 Å². The van der Waals surface area contributed by atoms with Crippen LogP contribution in [0.1, 0.15) is 26.3 Å². The summed E-state index contributed by atoms with van der Waals surface area (Å²) in [4.78, 5) is 25.2. The topological polar surface area (TPSA) is 72.7 Å². The van der Waals surface area contributed by atoms with Crippen LogP contribution in [0.25, 0.3) is 5.69 Å². The fourth-order valence-corrected chi connectivity index (χ4v) is 3.43. The molecule has 158 valence electrons. The zero-order valence-corrected chi connectivity index (χ0v) is 18.4. The third-order valence-corrected chi connectivity index (χ3v) is 5.08. The van der Waals surface area contributed by atoms with Gasteiger partial charge in [0.15, 0.2) is 0 Å². The van der Waals surface area contributed by atoms with Crippen molar-refractivity contribution in [3.63, 3.8) is 0 Å². The summed E-state index contributed by atoms with van der Waals surface area (Å²) in [7, 11) is 0. The first-order chi connectivity index (χ1) is 15.6. The molecule has 3 aromatic carbocycles. The van der Waals surface area contributed by atoms with E-state index in [1.54, 1.807) is 54.6 Å². The Balaban J connectivity index is 1.51. The van der Waals surface area contributed by atoms with Crippen molar-refractivity contribution in [3.05, 3.63) is 118 Å². The zero-order chi connectivity index (χ0) is 22.3. The molecule has 0 unspecified atom stereocenters. The summed E-state index contributed by atoms with van der Waals surface area (Å²) in [6.07, 6.45) is 5.17. The highest BCUT2D eigenvalue weighted by atomic mass is 79.9. The fraction of sp³-hybridized carbons (Fsp3) is 0. The van der Waals surface area contributed by atoms with Crippen LogP contribution in [-0.2, 0) is 0 Å². The summed E-state index contributed by atoms with van der Waals surface area (Å²) in [5.41, 5.74) is 4.73. The molecule has 0 fully saturated rings. The zero-order valence-electron chi connectivity index (χ0n) is 16.8. The van der Waals surface area contributed by atoms with Gasteiger partial charge in [0, 0.05) is 22.4 Å². The Morgan fingerprint density at radius 3 is 2.41 bits per heavy atom. The molecule has 4 rings (SSSR count). The number of ether oxygens (including phenoxy) is 1. The Kier molecular flexibility index (Phi) is 6.57. The van der Waals surface area contributed by atoms with Crippen molar-refractivity contribution in [3.8, 4) is 11.4 Å². The first kappa shape index (κ1) is 21.3. The van der Waals surface area contributed by atoms with E-state index in [-0.39, 0.29) is 5.91 Å². The lowest BCUT2D eigenvalue weighted by atomic mass is 10.1. The SMILES string of the molecule is O=C(Oc1ccc(Br)cc1/C=N/NC(=O)c1ccccc1-n1cccc1)c1ccccc1. The molecular weight excluding hydrogens is 470 g/mol. The van der Waals surface area contributed by atoms with Gasteiger partial charge in [-0.3, -0.25) is 4.79 Å². The van der Waals surface area contributed by atoms with E-state index in [2.05, 4.69) is 26.5 Å². The van der Waals surface area contributed by atoms with Gasteiger partial charge in [0.25, 0.3) is 5.91 Å². The Labute approximate surface area is 193 Å². The van der Waals surface area contributed by atoms with Crippen molar-refractivity contribution in [1.29, 1.82) is 0 Å². The van der Waals surface area contributed by atoms with Crippen molar-refractivity contribution in [2.75, 3.05) is 0 Å². The molecule has 0 spiro atoms. The van der Waals surface area contributed by atoms with Gasteiger partial charge in [-0.1, -0.05) is 46.3 Å². The summed E-state index contributed by atoms with van der Waals surface area (Å²) in [5.74, 6) is -0.511. The second kappa shape index (κ2) is 9.89. The van der Waals surface area contributed by atoms with Gasteiger partial charge in [0.05, 0.1) is 23.0 Å². The van der Waals surface area contributed by atoms with Crippen molar-refractivity contribution < 1.29 is 14.3 Å². The maximum Gasteiger partial charge on any atom is 0.343 e. The van der Waals surface area contributed by atoms with Crippen LogP contribution >= 0.6 is 15.9 Å². The molecular formula is C25H18BrN3O3. The summed E-state index contributed by atoms with van der Waals surface area (Å²) >= 11 is 3.40. The highest BCUT2D eigenvalue weighted by Crippen LogP contribution is 2.23. The minimum Gasteiger partial charge on any atom is -0.422 e. The van der Waals surface area contributed by atoms with E-state index < -0.39 is 5.97 Å². The maximum atomic E-state index is 12.7. The average molecular weight is 488 g/mol. The largest absolute Gasteiger partial charge is 0.422 e. The lowest BCUT2D eigenvalue weighted by Gasteiger charge is -2.10. The van der Waals surface area contributed by atoms with Gasteiger partial charge in [-0.15, -0.1) is 0 Å². The molecule has 0 aliphatic carbocycles. The van der Waals surface area contributed by atoms with E-state index in [0.29, 0.717) is 22.4 Å². The third-order valence-electron chi connectivity index (χ3n) is 4.59. The second-order valence-corrected chi connectivity index (χ2v) is 7.66. The van der Waals surface area contributed by atoms with Gasteiger partial charge >= 0.3 is 5.97 Å². The molecule has 0 bridgehead atoms. The summed E-state index contributed by atoms with van der Waals surface area (Å²) in [6, 6.07) is 24.9. The van der Waals surface area contributed by atoms with E-state index in [9.17, 15) is 9.59 Å². The molecule has 0 saturated carbocycles. The van der Waals surface area contributed by atoms with Crippen molar-refractivity contribution in [2.24, 2.45) is 5.10 Å². The number of nitrogens with one attached hydrogen (secondary N) is 1. The predicted molar refractivity (Wildman–Crippen MR) is 126 cm³/mol. The number of hydrazone groups is 1. The van der Waals surface area contributed by atoms with E-state index in [0.717, 1.165) is 10.2 Å². The lowest BCUT2D eigenvalue weighted by Crippen LogP contribution is -2.19. The number of nitrogens with zero attached hydrogens (tertiary/aromatic N) is 2. The van der Waals surface area contributed by atoms with Crippen LogP contribution in [0.4, 0.5) is 0 Å². The molecule has 32 heavy (non-hydrogen) atoms. The summed E-state index contributed by atoms with van der Waals surface area (Å²) < 4.78 is 8.17. The molecule has 7 heteroatoms. The smallest absolute Gasteiger partial charge is 0.343 e. The van der Waals surface area contributed by atoms with Crippen molar-refractivity contribution in [2.45, 2.75) is 0 Å². The maximum absolute atomic E-state index is 12.7. The van der Waals surface area contributed by atoms with Crippen LogP contribution in [0, 0.1) is 0 Å². The average Bonchev–Trinajstić information content (AvgIpc) is 3.36. The number of hydrogen-bond donors (Lipinski definition) is 1. The predicted octanol–water partition coefficient (Wildman–Crippen LogP) is 5.22. The number of halogens is 1. The van der Waals surface area contributed by atoms with Gasteiger partial charge in [-0.25, -0.2) is 10.2 Å². The number of hydrogen-bond acceptors (Lipinski definition) is 4. The number of benzene rings is 3. The second-order valence-electron chi connectivity index (χ2n) is 6.74. The van der Waals surface area contributed by atoms with Crippen LogP contribution in [0.2, 0.25) is 0 Å². The van der Waals surface area contributed by atoms with Gasteiger partial charge < -0.3 is 9.30 Å². The first-order valence-corrected chi connectivity index (χ1v) is 10.5. The Bertz CT molecular complexity index is 1270. The molecule has 0 aliphatic heterocycles. The molecule has 4 aromatic rings. The molecule has 1 amide bonds. The van der Waals surface area contributed by atoms with E-state index >= 15 is 0 Å². The summed E-state index contributed by atoms with van der Waals surface area (Å²) in [6.45, 7) is 0. The van der Waals surface area contributed by atoms with Gasteiger partial charge in [0.2, 0.25) is 0 Å². The fourth-order valence-electron chi connectivity index (χ4n) is 3.05. The molecule has 1 aromatic heterocycles. The lowest BCUT2D eigenvalue weighted by molar-refractivity contribution is 0.0734. The monoisotopic (exact) mass is 487 g/mol. The highest BCUT2D eigenvalue weighted by Gasteiger charge is 2.13. The number of para-hydroxylation sites is 1. The Morgan fingerprint density at radius 2 is 1.62 bits per heavy atom. The number of rotatable bonds is 6. The molecule has 0 saturated heterocycles. The third kappa shape index (κ3) is 5.01. The van der Waals surface area contributed by atoms with Crippen LogP contribution < -0.4 is 10.2 Å². The first-order valence-electron chi connectivity index (χ1n) is 9.74. The molecule has 0 aliphatic rings. The van der Waals surface area contributed by atoms with Crippen LogP contribution in [0.3, 0.4) is 0 Å². The van der Waals surface area contributed by atoms with E-state index in [1.165, 1.54) is 6.21 Å². The van der Waals surface area contributed by atoms with Gasteiger partial charge in [-0.2, -0.15) is 5.10 Å². The number of aromatic nitrogens is 1. The number of amides is 1. The number of carbonyl (C=O) groups excluding carboxylic acids is 2.